The van der Waals surface area contributed by atoms with Crippen LogP contribution < -0.4 is 9.64 Å². The van der Waals surface area contributed by atoms with Crippen LogP contribution in [0.25, 0.3) is 0 Å². The van der Waals surface area contributed by atoms with Crippen LogP contribution in [0, 0.1) is 0 Å². The van der Waals surface area contributed by atoms with E-state index in [2.05, 4.69) is 21.7 Å². The molecule has 5 nitrogen and oxygen atoms in total. The van der Waals surface area contributed by atoms with E-state index in [1.54, 1.807) is 13.1 Å². The van der Waals surface area contributed by atoms with E-state index >= 15 is 0 Å². The average Bonchev–Trinajstić information content (AvgIpc) is 2.45. The Hall–Kier alpha value is -1.62. The number of Topliss-reactive ketones (excluding diaryl/α,β-unsaturated/α-hetero) is 1. The molecule has 2 aliphatic heterocycles. The lowest BCUT2D eigenvalue weighted by Gasteiger charge is -2.44. The van der Waals surface area contributed by atoms with Crippen LogP contribution in [-0.4, -0.2) is 54.5 Å². The summed E-state index contributed by atoms with van der Waals surface area (Å²) < 4.78 is 5.79. The van der Waals surface area contributed by atoms with Crippen LogP contribution in [0.3, 0.4) is 0 Å². The molecule has 1 aromatic heterocycles. The molecule has 5 heteroatoms. The van der Waals surface area contributed by atoms with Gasteiger partial charge in [0.05, 0.1) is 6.04 Å². The van der Waals surface area contributed by atoms with Crippen LogP contribution in [0.5, 0.6) is 5.75 Å². The van der Waals surface area contributed by atoms with Gasteiger partial charge in [0.2, 0.25) is 0 Å². The Morgan fingerprint density at radius 3 is 3.11 bits per heavy atom. The first-order chi connectivity index (χ1) is 9.19. The molecule has 0 amide bonds. The van der Waals surface area contributed by atoms with E-state index in [1.807, 2.05) is 6.07 Å². The average molecular weight is 261 g/mol. The molecule has 1 saturated heterocycles. The Labute approximate surface area is 113 Å². The van der Waals surface area contributed by atoms with Gasteiger partial charge in [-0.1, -0.05) is 6.92 Å². The molecule has 0 N–H and O–H groups in total. The van der Waals surface area contributed by atoms with Gasteiger partial charge in [0.15, 0.2) is 17.4 Å². The molecule has 2 aliphatic rings. The predicted molar refractivity (Wildman–Crippen MR) is 73.0 cm³/mol. The normalized spacial score (nSPS) is 22.4. The van der Waals surface area contributed by atoms with Crippen molar-refractivity contribution >= 4 is 11.6 Å². The Balaban J connectivity index is 1.88. The third-order valence-electron chi connectivity index (χ3n) is 3.96. The van der Waals surface area contributed by atoms with Gasteiger partial charge in [-0.05, 0) is 19.5 Å². The van der Waals surface area contributed by atoms with Crippen molar-refractivity contribution < 1.29 is 9.53 Å². The van der Waals surface area contributed by atoms with Gasteiger partial charge < -0.3 is 9.64 Å². The standard InChI is InChI=1S/C14H19N3O2/c1-3-16-4-5-17-12(8-16)9-19-13-6-11(10(2)18)7-15-14(13)17/h6-7,12H,3-5,8-9H2,1-2H3/t12-/m0/s1. The summed E-state index contributed by atoms with van der Waals surface area (Å²) in [6.45, 7) is 8.54. The highest BCUT2D eigenvalue weighted by Crippen LogP contribution is 2.33. The van der Waals surface area contributed by atoms with Crippen LogP contribution in [0.4, 0.5) is 5.82 Å². The van der Waals surface area contributed by atoms with Crippen molar-refractivity contribution in [1.29, 1.82) is 0 Å². The fourth-order valence-electron chi connectivity index (χ4n) is 2.77. The quantitative estimate of drug-likeness (QED) is 0.748. The van der Waals surface area contributed by atoms with Crippen molar-refractivity contribution in [1.82, 2.24) is 9.88 Å². The third-order valence-corrected chi connectivity index (χ3v) is 3.96. The first-order valence-corrected chi connectivity index (χ1v) is 6.82. The Bertz CT molecular complexity index is 503. The van der Waals surface area contributed by atoms with Gasteiger partial charge in [-0.25, -0.2) is 4.98 Å². The Kier molecular flexibility index (Phi) is 3.14. The largest absolute Gasteiger partial charge is 0.487 e. The predicted octanol–water partition coefficient (Wildman–Crippen LogP) is 1.19. The number of carbonyl (C=O) groups is 1. The summed E-state index contributed by atoms with van der Waals surface area (Å²) >= 11 is 0. The van der Waals surface area contributed by atoms with Crippen LogP contribution in [-0.2, 0) is 0 Å². The molecule has 102 valence electrons. The number of hydrogen-bond acceptors (Lipinski definition) is 5. The molecule has 1 atom stereocenters. The maximum atomic E-state index is 11.4. The molecule has 0 unspecified atom stereocenters. The lowest BCUT2D eigenvalue weighted by atomic mass is 10.1. The number of carbonyl (C=O) groups excluding carboxylic acids is 1. The Morgan fingerprint density at radius 1 is 1.53 bits per heavy atom. The number of rotatable bonds is 2. The van der Waals surface area contributed by atoms with E-state index in [0.29, 0.717) is 18.2 Å². The van der Waals surface area contributed by atoms with Crippen molar-refractivity contribution in [3.8, 4) is 5.75 Å². The van der Waals surface area contributed by atoms with Crippen molar-refractivity contribution in [3.63, 3.8) is 0 Å². The van der Waals surface area contributed by atoms with Gasteiger partial charge >= 0.3 is 0 Å². The van der Waals surface area contributed by atoms with Crippen molar-refractivity contribution in [2.45, 2.75) is 19.9 Å². The molecule has 0 aliphatic carbocycles. The van der Waals surface area contributed by atoms with E-state index in [4.69, 9.17) is 4.74 Å². The molecule has 19 heavy (non-hydrogen) atoms. The number of hydrogen-bond donors (Lipinski definition) is 0. The lowest BCUT2D eigenvalue weighted by Crippen LogP contribution is -2.57. The van der Waals surface area contributed by atoms with Gasteiger partial charge in [0.25, 0.3) is 0 Å². The second kappa shape index (κ2) is 4.81. The number of ketones is 1. The minimum absolute atomic E-state index is 0.0248. The number of likely N-dealkylation sites (N-methyl/N-ethyl adjacent to an activating group) is 1. The maximum absolute atomic E-state index is 11.4. The topological polar surface area (TPSA) is 45.7 Å². The zero-order chi connectivity index (χ0) is 13.4. The summed E-state index contributed by atoms with van der Waals surface area (Å²) in [6, 6.07) is 2.18. The van der Waals surface area contributed by atoms with E-state index in [1.165, 1.54) is 0 Å². The number of aromatic nitrogens is 1. The van der Waals surface area contributed by atoms with E-state index in [9.17, 15) is 4.79 Å². The molecule has 0 radical (unpaired) electrons. The zero-order valence-corrected chi connectivity index (χ0v) is 11.4. The van der Waals surface area contributed by atoms with Crippen LogP contribution in [0.15, 0.2) is 12.3 Å². The lowest BCUT2D eigenvalue weighted by molar-refractivity contribution is 0.101. The summed E-state index contributed by atoms with van der Waals surface area (Å²) in [5.41, 5.74) is 0.615. The van der Waals surface area contributed by atoms with Gasteiger partial charge in [-0.3, -0.25) is 9.69 Å². The molecule has 0 aromatic carbocycles. The maximum Gasteiger partial charge on any atom is 0.171 e. The van der Waals surface area contributed by atoms with Crippen molar-refractivity contribution in [2.75, 3.05) is 37.7 Å². The van der Waals surface area contributed by atoms with Crippen LogP contribution in [0.1, 0.15) is 24.2 Å². The smallest absolute Gasteiger partial charge is 0.171 e. The molecule has 0 spiro atoms. The van der Waals surface area contributed by atoms with E-state index in [0.717, 1.165) is 37.7 Å². The molecular formula is C14H19N3O2. The number of pyridine rings is 1. The third kappa shape index (κ3) is 2.18. The molecule has 0 bridgehead atoms. The zero-order valence-electron chi connectivity index (χ0n) is 11.4. The number of ether oxygens (including phenoxy) is 1. The summed E-state index contributed by atoms with van der Waals surface area (Å²) in [7, 11) is 0. The number of nitrogens with zero attached hydrogens (tertiary/aromatic N) is 3. The van der Waals surface area contributed by atoms with Gasteiger partial charge in [-0.15, -0.1) is 0 Å². The van der Waals surface area contributed by atoms with Gasteiger partial charge in [0, 0.05) is 31.4 Å². The first kappa shape index (κ1) is 12.4. The van der Waals surface area contributed by atoms with Crippen LogP contribution >= 0.6 is 0 Å². The van der Waals surface area contributed by atoms with E-state index < -0.39 is 0 Å². The number of piperazine rings is 1. The molecule has 1 aromatic rings. The highest BCUT2D eigenvalue weighted by Gasteiger charge is 2.33. The van der Waals surface area contributed by atoms with Gasteiger partial charge in [0.1, 0.15) is 6.61 Å². The minimum Gasteiger partial charge on any atom is -0.487 e. The minimum atomic E-state index is 0.0248. The SMILES string of the molecule is CCN1CCN2c3ncc(C(C)=O)cc3OC[C@@H]2C1. The second-order valence-corrected chi connectivity index (χ2v) is 5.15. The van der Waals surface area contributed by atoms with Gasteiger partial charge in [-0.2, -0.15) is 0 Å². The summed E-state index contributed by atoms with van der Waals surface area (Å²) in [5.74, 6) is 1.66. The van der Waals surface area contributed by atoms with Crippen LogP contribution in [0.2, 0.25) is 0 Å². The fraction of sp³-hybridized carbons (Fsp3) is 0.571. The Morgan fingerprint density at radius 2 is 2.37 bits per heavy atom. The second-order valence-electron chi connectivity index (χ2n) is 5.15. The highest BCUT2D eigenvalue weighted by molar-refractivity contribution is 5.94. The number of anilines is 1. The summed E-state index contributed by atoms with van der Waals surface area (Å²) in [6.07, 6.45) is 1.65. The van der Waals surface area contributed by atoms with Crippen molar-refractivity contribution in [2.24, 2.45) is 0 Å². The summed E-state index contributed by atoms with van der Waals surface area (Å²) in [5, 5.41) is 0. The molecule has 1 fully saturated rings. The fourth-order valence-corrected chi connectivity index (χ4v) is 2.77. The van der Waals surface area contributed by atoms with E-state index in [-0.39, 0.29) is 5.78 Å². The molecule has 3 heterocycles. The molecule has 0 saturated carbocycles. The highest BCUT2D eigenvalue weighted by atomic mass is 16.5. The first-order valence-electron chi connectivity index (χ1n) is 6.82. The molecular weight excluding hydrogens is 242 g/mol. The monoisotopic (exact) mass is 261 g/mol. The summed E-state index contributed by atoms with van der Waals surface area (Å²) in [4.78, 5) is 20.6. The number of fused-ring (bicyclic) bond motifs is 3. The molecule has 3 rings (SSSR count). The van der Waals surface area contributed by atoms with Crippen molar-refractivity contribution in [3.05, 3.63) is 17.8 Å².